The van der Waals surface area contributed by atoms with Crippen LogP contribution in [0.25, 0.3) is 6.08 Å². The van der Waals surface area contributed by atoms with Crippen LogP contribution in [-0.4, -0.2) is 81.5 Å². The van der Waals surface area contributed by atoms with Gasteiger partial charge in [0.2, 0.25) is 5.91 Å². The van der Waals surface area contributed by atoms with Gasteiger partial charge in [-0.05, 0) is 93.9 Å². The lowest BCUT2D eigenvalue weighted by molar-refractivity contribution is -0.148. The Kier molecular flexibility index (Phi) is 14.7. The SMILES string of the molecule is CC(=O)OC1CCc2cc(c(O)c3c2C=CC2CCCC2O3)CN2CC(CC3=CCNC(N)=C3)(CCN=C(N)NC3(CCCC3)SSCCCCCCC(O)C1)CC2=O. The molecular weight excluding hydrogens is 785 g/mol. The molecule has 5 unspecified atom stereocenters. The van der Waals surface area contributed by atoms with Crippen molar-refractivity contribution in [1.29, 1.82) is 0 Å². The molecule has 4 aliphatic heterocycles. The van der Waals surface area contributed by atoms with Gasteiger partial charge < -0.3 is 46.7 Å². The minimum absolute atomic E-state index is 0.0253. The van der Waals surface area contributed by atoms with Crippen LogP contribution in [0.1, 0.15) is 133 Å². The topological polar surface area (TPSA) is 185 Å². The Bertz CT molecular complexity index is 1800. The molecule has 2 saturated carbocycles. The number of aryl methyl sites for hydroxylation is 1. The largest absolute Gasteiger partial charge is 0.504 e. The highest BCUT2D eigenvalue weighted by Crippen LogP contribution is 2.48. The maximum absolute atomic E-state index is 14.1. The fourth-order valence-electron chi connectivity index (χ4n) is 10.1. The van der Waals surface area contributed by atoms with Gasteiger partial charge in [-0.2, -0.15) is 0 Å². The molecule has 14 heteroatoms. The Morgan fingerprint density at radius 1 is 1.07 bits per heavy atom. The summed E-state index contributed by atoms with van der Waals surface area (Å²) in [4.78, 5) is 33.0. The number of nitrogens with two attached hydrogens (primary N) is 2. The van der Waals surface area contributed by atoms with Gasteiger partial charge in [0.1, 0.15) is 12.2 Å². The van der Waals surface area contributed by atoms with Gasteiger partial charge in [-0.3, -0.25) is 14.6 Å². The molecule has 324 valence electrons. The molecule has 4 bridgehead atoms. The van der Waals surface area contributed by atoms with E-state index < -0.39 is 17.6 Å². The van der Waals surface area contributed by atoms with Crippen LogP contribution >= 0.6 is 21.6 Å². The van der Waals surface area contributed by atoms with E-state index in [2.05, 4.69) is 28.9 Å². The number of hydrogen-bond donors (Lipinski definition) is 6. The van der Waals surface area contributed by atoms with Gasteiger partial charge in [0.15, 0.2) is 17.5 Å². The van der Waals surface area contributed by atoms with Crippen LogP contribution in [0, 0.1) is 11.3 Å². The number of aromatic hydroxyl groups is 1. The molecule has 5 atom stereocenters. The molecule has 1 aromatic rings. The second-order valence-corrected chi connectivity index (χ2v) is 20.7. The number of phenols is 1. The molecule has 6 aliphatic rings. The monoisotopic (exact) mass is 850 g/mol. The van der Waals surface area contributed by atoms with Crippen molar-refractivity contribution in [2.24, 2.45) is 27.8 Å². The normalized spacial score (nSPS) is 29.8. The molecule has 1 aromatic carbocycles. The van der Waals surface area contributed by atoms with E-state index in [-0.39, 0.29) is 41.1 Å². The summed E-state index contributed by atoms with van der Waals surface area (Å²) in [6.07, 6.45) is 22.7. The highest BCUT2D eigenvalue weighted by molar-refractivity contribution is 8.77. The molecule has 0 radical (unpaired) electrons. The van der Waals surface area contributed by atoms with Crippen molar-refractivity contribution in [2.75, 3.05) is 25.4 Å². The van der Waals surface area contributed by atoms with Crippen LogP contribution in [0.15, 0.2) is 40.7 Å². The number of nitrogens with one attached hydrogen (secondary N) is 2. The van der Waals surface area contributed by atoms with Crippen LogP contribution in [-0.2, 0) is 27.3 Å². The van der Waals surface area contributed by atoms with Gasteiger partial charge in [-0.1, -0.05) is 71.9 Å². The van der Waals surface area contributed by atoms with E-state index in [9.17, 15) is 19.8 Å². The van der Waals surface area contributed by atoms with Gasteiger partial charge in [0, 0.05) is 74.2 Å². The van der Waals surface area contributed by atoms with Crippen LogP contribution in [0.5, 0.6) is 11.5 Å². The molecule has 2 aliphatic carbocycles. The third kappa shape index (κ3) is 11.5. The first-order chi connectivity index (χ1) is 28.5. The summed E-state index contributed by atoms with van der Waals surface area (Å²) in [6, 6.07) is 2.01. The second kappa shape index (κ2) is 19.9. The number of guanidine groups is 1. The highest BCUT2D eigenvalue weighted by atomic mass is 33.1. The molecule has 1 spiro atoms. The molecule has 12 nitrogen and oxygen atoms in total. The Morgan fingerprint density at radius 2 is 1.90 bits per heavy atom. The predicted octanol–water partition coefficient (Wildman–Crippen LogP) is 6.93. The molecule has 3 fully saturated rings. The van der Waals surface area contributed by atoms with E-state index in [1.807, 2.05) is 38.6 Å². The summed E-state index contributed by atoms with van der Waals surface area (Å²) in [6.45, 7) is 3.26. The highest BCUT2D eigenvalue weighted by Gasteiger charge is 2.44. The molecule has 1 saturated heterocycles. The lowest BCUT2D eigenvalue weighted by Crippen LogP contribution is -2.47. The first-order valence-corrected chi connectivity index (χ1v) is 24.5. The van der Waals surface area contributed by atoms with Crippen molar-refractivity contribution in [3.8, 4) is 11.5 Å². The van der Waals surface area contributed by atoms with E-state index in [1.165, 1.54) is 6.92 Å². The van der Waals surface area contributed by atoms with E-state index in [1.54, 1.807) is 0 Å². The zero-order chi connectivity index (χ0) is 41.4. The minimum Gasteiger partial charge on any atom is -0.504 e. The van der Waals surface area contributed by atoms with Crippen LogP contribution in [0.4, 0.5) is 0 Å². The number of aliphatic hydroxyl groups excluding tert-OH is 1. The number of nitrogens with zero attached hydrogens (tertiary/aromatic N) is 2. The number of esters is 1. The molecule has 4 heterocycles. The maximum Gasteiger partial charge on any atom is 0.302 e. The van der Waals surface area contributed by atoms with Crippen molar-refractivity contribution in [2.45, 2.75) is 152 Å². The minimum atomic E-state index is -0.577. The molecule has 59 heavy (non-hydrogen) atoms. The van der Waals surface area contributed by atoms with Crippen molar-refractivity contribution in [3.63, 3.8) is 0 Å². The summed E-state index contributed by atoms with van der Waals surface area (Å²) in [7, 11) is 3.80. The average Bonchev–Trinajstić information content (AvgIpc) is 3.88. The summed E-state index contributed by atoms with van der Waals surface area (Å²) in [5.41, 5.74) is 15.9. The third-order valence-corrected chi connectivity index (χ3v) is 16.3. The number of carbonyl (C=O) groups is 2. The van der Waals surface area contributed by atoms with E-state index >= 15 is 0 Å². The number of fused-ring (bicyclic) bond motifs is 7. The smallest absolute Gasteiger partial charge is 0.302 e. The Labute approximate surface area is 358 Å². The van der Waals surface area contributed by atoms with Gasteiger partial charge in [-0.25, -0.2) is 0 Å². The fourth-order valence-corrected chi connectivity index (χ4v) is 13.2. The first kappa shape index (κ1) is 43.6. The van der Waals surface area contributed by atoms with Crippen molar-refractivity contribution >= 4 is 45.5 Å². The quantitative estimate of drug-likeness (QED) is 0.136. The Balaban J connectivity index is 1.19. The van der Waals surface area contributed by atoms with Crippen LogP contribution < -0.4 is 26.8 Å². The third-order valence-electron chi connectivity index (χ3n) is 13.1. The number of hydrogen-bond acceptors (Lipinski definition) is 13. The zero-order valence-electron chi connectivity index (χ0n) is 34.9. The number of aliphatic hydroxyl groups is 1. The summed E-state index contributed by atoms with van der Waals surface area (Å²) >= 11 is 0. The number of ether oxygens (including phenoxy) is 2. The number of phenolic OH excluding ortho intramolecular Hbond substituents is 1. The molecule has 0 aromatic heterocycles. The van der Waals surface area contributed by atoms with E-state index in [0.717, 1.165) is 93.1 Å². The van der Waals surface area contributed by atoms with Crippen molar-refractivity contribution in [1.82, 2.24) is 15.5 Å². The summed E-state index contributed by atoms with van der Waals surface area (Å²) in [5, 5.41) is 29.9. The number of dihydropyridines is 1. The fraction of sp³-hybridized carbons (Fsp3) is 0.667. The second-order valence-electron chi connectivity index (χ2n) is 17.9. The predicted molar refractivity (Wildman–Crippen MR) is 237 cm³/mol. The molecule has 1 amide bonds. The van der Waals surface area contributed by atoms with E-state index in [0.29, 0.717) is 87.7 Å². The van der Waals surface area contributed by atoms with Gasteiger partial charge >= 0.3 is 5.97 Å². The van der Waals surface area contributed by atoms with Gasteiger partial charge in [0.05, 0.1) is 16.8 Å². The Morgan fingerprint density at radius 3 is 2.71 bits per heavy atom. The standard InChI is InChI=1S/C45H66N6O6S2/c1-30(52)56-36-14-12-33-24-34(41(55)42-37(33)15-13-32-9-8-11-38(32)57-42)28-51-29-44(27-40(51)54,26-31-16-20-48-39(46)23-31)19-21-49-43(47)50-45(17-5-6-18-45)59-58-22-7-3-2-4-10-35(53)25-36/h13,15-16,23-24,32,35-36,38,48,53,55H,2-12,14,17-22,25-29,46H2,1H3,(H3,47,49,50). The van der Waals surface area contributed by atoms with Crippen molar-refractivity contribution in [3.05, 3.63) is 52.4 Å². The lowest BCUT2D eigenvalue weighted by atomic mass is 9.77. The molecule has 7 rings (SSSR count). The summed E-state index contributed by atoms with van der Waals surface area (Å²) in [5.74, 6) is 2.58. The van der Waals surface area contributed by atoms with Gasteiger partial charge in [-0.15, -0.1) is 0 Å². The number of allylic oxidation sites excluding steroid dienone is 2. The summed E-state index contributed by atoms with van der Waals surface area (Å²) < 4.78 is 12.5. The van der Waals surface area contributed by atoms with Crippen molar-refractivity contribution < 1.29 is 29.3 Å². The average molecular weight is 851 g/mol. The lowest BCUT2D eigenvalue weighted by Gasteiger charge is -2.31. The van der Waals surface area contributed by atoms with Gasteiger partial charge in [0.25, 0.3) is 0 Å². The molecular formula is C45H66N6O6S2. The zero-order valence-corrected chi connectivity index (χ0v) is 36.5. The number of amides is 1. The van der Waals surface area contributed by atoms with Crippen LogP contribution in [0.3, 0.4) is 0 Å². The number of aliphatic imine (C=N–C) groups is 1. The number of benzene rings is 1. The van der Waals surface area contributed by atoms with E-state index in [4.69, 9.17) is 25.9 Å². The molecule has 8 N–H and O–H groups in total. The Hall–Kier alpha value is -3.49. The maximum atomic E-state index is 14.1. The first-order valence-electron chi connectivity index (χ1n) is 22.1. The van der Waals surface area contributed by atoms with Crippen LogP contribution in [0.2, 0.25) is 0 Å². The number of carbonyl (C=O) groups excluding carboxylic acids is 2. The number of rotatable bonds is 3.